The molecule has 4 nitrogen and oxygen atoms in total. The van der Waals surface area contributed by atoms with Gasteiger partial charge in [-0.3, -0.25) is 4.79 Å². The number of methoxy groups -OCH3 is 1. The first-order chi connectivity index (χ1) is 9.19. The Kier molecular flexibility index (Phi) is 4.58. The summed E-state index contributed by atoms with van der Waals surface area (Å²) in [6, 6.07) is 7.47. The molecule has 0 bridgehead atoms. The molecule has 0 aliphatic carbocycles. The number of nitrogens with two attached hydrogens (primary N) is 1. The summed E-state index contributed by atoms with van der Waals surface area (Å²) in [4.78, 5) is 13.9. The number of hydrogen-bond acceptors (Lipinski definition) is 3. The van der Waals surface area contributed by atoms with Gasteiger partial charge in [-0.25, -0.2) is 0 Å². The van der Waals surface area contributed by atoms with Crippen molar-refractivity contribution in [3.63, 3.8) is 0 Å². The topological polar surface area (TPSA) is 55.6 Å². The van der Waals surface area contributed by atoms with Crippen LogP contribution >= 0.6 is 0 Å². The predicted octanol–water partition coefficient (Wildman–Crippen LogP) is 1.92. The lowest BCUT2D eigenvalue weighted by Gasteiger charge is -2.31. The van der Waals surface area contributed by atoms with Gasteiger partial charge in [0.2, 0.25) is 5.91 Å². The molecule has 1 unspecified atom stereocenters. The van der Waals surface area contributed by atoms with Crippen LogP contribution in [0.1, 0.15) is 18.4 Å². The second-order valence-electron chi connectivity index (χ2n) is 4.79. The van der Waals surface area contributed by atoms with Crippen LogP contribution in [0.25, 0.3) is 6.08 Å². The van der Waals surface area contributed by atoms with E-state index in [1.807, 2.05) is 29.2 Å². The Labute approximate surface area is 113 Å². The van der Waals surface area contributed by atoms with Crippen LogP contribution < -0.4 is 5.73 Å². The highest BCUT2D eigenvalue weighted by Crippen LogP contribution is 2.14. The van der Waals surface area contributed by atoms with E-state index in [1.165, 1.54) is 0 Å². The van der Waals surface area contributed by atoms with Gasteiger partial charge in [0, 0.05) is 32.0 Å². The van der Waals surface area contributed by atoms with Crippen molar-refractivity contribution in [1.29, 1.82) is 0 Å². The summed E-state index contributed by atoms with van der Waals surface area (Å²) in [6.07, 6.45) is 5.59. The van der Waals surface area contributed by atoms with Crippen molar-refractivity contribution < 1.29 is 9.53 Å². The van der Waals surface area contributed by atoms with E-state index in [0.717, 1.165) is 24.9 Å². The first-order valence-corrected chi connectivity index (χ1v) is 6.54. The van der Waals surface area contributed by atoms with E-state index < -0.39 is 0 Å². The number of amides is 1. The zero-order valence-corrected chi connectivity index (χ0v) is 11.2. The molecule has 1 fully saturated rings. The van der Waals surface area contributed by atoms with Crippen LogP contribution in [0, 0.1) is 0 Å². The van der Waals surface area contributed by atoms with E-state index in [4.69, 9.17) is 10.5 Å². The van der Waals surface area contributed by atoms with Gasteiger partial charge < -0.3 is 15.4 Å². The number of anilines is 1. The summed E-state index contributed by atoms with van der Waals surface area (Å²) in [5.41, 5.74) is 7.34. The summed E-state index contributed by atoms with van der Waals surface area (Å²) in [6.45, 7) is 1.48. The number of rotatable bonds is 3. The normalized spacial score (nSPS) is 19.8. The first kappa shape index (κ1) is 13.6. The van der Waals surface area contributed by atoms with Crippen molar-refractivity contribution in [2.75, 3.05) is 25.9 Å². The number of carbonyl (C=O) groups excluding carboxylic acids is 1. The van der Waals surface area contributed by atoms with Crippen molar-refractivity contribution in [1.82, 2.24) is 4.90 Å². The van der Waals surface area contributed by atoms with Gasteiger partial charge in [0.05, 0.1) is 6.10 Å². The van der Waals surface area contributed by atoms with E-state index in [2.05, 4.69) is 0 Å². The summed E-state index contributed by atoms with van der Waals surface area (Å²) in [5, 5.41) is 0. The third-order valence-electron chi connectivity index (χ3n) is 3.35. The van der Waals surface area contributed by atoms with Gasteiger partial charge in [0.25, 0.3) is 0 Å². The second kappa shape index (κ2) is 6.38. The van der Waals surface area contributed by atoms with Gasteiger partial charge >= 0.3 is 0 Å². The number of ether oxygens (including phenoxy) is 1. The Bertz CT molecular complexity index is 471. The number of piperidine rings is 1. The Morgan fingerprint density at radius 2 is 2.37 bits per heavy atom. The molecule has 102 valence electrons. The van der Waals surface area contributed by atoms with Gasteiger partial charge in [-0.1, -0.05) is 12.1 Å². The Hall–Kier alpha value is -1.81. The molecule has 1 aliphatic rings. The molecule has 1 aromatic carbocycles. The van der Waals surface area contributed by atoms with Gasteiger partial charge in [-0.15, -0.1) is 0 Å². The maximum Gasteiger partial charge on any atom is 0.246 e. The van der Waals surface area contributed by atoms with Gasteiger partial charge in [-0.05, 0) is 36.6 Å². The standard InChI is InChI=1S/C15H20N2O2/c1-19-14-6-3-9-17(11-14)15(18)8-7-12-4-2-5-13(16)10-12/h2,4-5,7-8,10,14H,3,6,9,11,16H2,1H3/b8-7+. The number of likely N-dealkylation sites (tertiary alicyclic amines) is 1. The van der Waals surface area contributed by atoms with Crippen LogP contribution in [0.5, 0.6) is 0 Å². The molecule has 1 atom stereocenters. The molecule has 1 heterocycles. The molecule has 1 aromatic rings. The predicted molar refractivity (Wildman–Crippen MR) is 76.5 cm³/mol. The lowest BCUT2D eigenvalue weighted by molar-refractivity contribution is -0.129. The van der Waals surface area contributed by atoms with Crippen LogP contribution in [0.4, 0.5) is 5.69 Å². The fraction of sp³-hybridized carbons (Fsp3) is 0.400. The highest BCUT2D eigenvalue weighted by atomic mass is 16.5. The van der Waals surface area contributed by atoms with Crippen LogP contribution in [0.3, 0.4) is 0 Å². The average Bonchev–Trinajstić information content (AvgIpc) is 2.45. The van der Waals surface area contributed by atoms with E-state index in [1.54, 1.807) is 19.3 Å². The van der Waals surface area contributed by atoms with Gasteiger partial charge in [0.15, 0.2) is 0 Å². The number of nitrogens with zero attached hydrogens (tertiary/aromatic N) is 1. The van der Waals surface area contributed by atoms with E-state index in [-0.39, 0.29) is 12.0 Å². The molecule has 0 radical (unpaired) electrons. The molecule has 0 saturated carbocycles. The van der Waals surface area contributed by atoms with Crippen molar-refractivity contribution in [3.05, 3.63) is 35.9 Å². The fourth-order valence-corrected chi connectivity index (χ4v) is 2.27. The molecular weight excluding hydrogens is 240 g/mol. The highest BCUT2D eigenvalue weighted by molar-refractivity contribution is 5.92. The molecule has 1 amide bonds. The van der Waals surface area contributed by atoms with Gasteiger partial charge in [0.1, 0.15) is 0 Å². The smallest absolute Gasteiger partial charge is 0.246 e. The summed E-state index contributed by atoms with van der Waals surface area (Å²) < 4.78 is 5.32. The van der Waals surface area contributed by atoms with Crippen LogP contribution in [-0.4, -0.2) is 37.1 Å². The Balaban J connectivity index is 1.96. The zero-order chi connectivity index (χ0) is 13.7. The minimum atomic E-state index is 0.0316. The third kappa shape index (κ3) is 3.83. The molecule has 0 aromatic heterocycles. The maximum atomic E-state index is 12.1. The third-order valence-corrected chi connectivity index (χ3v) is 3.35. The number of nitrogen functional groups attached to an aromatic ring is 1. The van der Waals surface area contributed by atoms with Crippen molar-refractivity contribution in [2.24, 2.45) is 0 Å². The van der Waals surface area contributed by atoms with Crippen molar-refractivity contribution in [3.8, 4) is 0 Å². The van der Waals surface area contributed by atoms with Crippen LogP contribution in [0.15, 0.2) is 30.3 Å². The summed E-state index contributed by atoms with van der Waals surface area (Å²) >= 11 is 0. The zero-order valence-electron chi connectivity index (χ0n) is 11.2. The summed E-state index contributed by atoms with van der Waals surface area (Å²) in [7, 11) is 1.70. The van der Waals surface area contributed by atoms with Crippen molar-refractivity contribution in [2.45, 2.75) is 18.9 Å². The lowest BCUT2D eigenvalue weighted by atomic mass is 10.1. The SMILES string of the molecule is COC1CCCN(C(=O)/C=C/c2cccc(N)c2)C1. The maximum absolute atomic E-state index is 12.1. The highest BCUT2D eigenvalue weighted by Gasteiger charge is 2.21. The molecule has 0 spiro atoms. The second-order valence-corrected chi connectivity index (χ2v) is 4.79. The molecule has 2 rings (SSSR count). The van der Waals surface area contributed by atoms with E-state index in [9.17, 15) is 4.79 Å². The van der Waals surface area contributed by atoms with E-state index >= 15 is 0 Å². The summed E-state index contributed by atoms with van der Waals surface area (Å²) in [5.74, 6) is 0.0316. The molecule has 4 heteroatoms. The number of hydrogen-bond donors (Lipinski definition) is 1. The Morgan fingerprint density at radius 1 is 1.53 bits per heavy atom. The monoisotopic (exact) mass is 260 g/mol. The minimum absolute atomic E-state index is 0.0316. The molecular formula is C15H20N2O2. The number of carbonyl (C=O) groups is 1. The van der Waals surface area contributed by atoms with Crippen LogP contribution in [0.2, 0.25) is 0 Å². The molecule has 19 heavy (non-hydrogen) atoms. The van der Waals surface area contributed by atoms with Gasteiger partial charge in [-0.2, -0.15) is 0 Å². The fourth-order valence-electron chi connectivity index (χ4n) is 2.27. The molecule has 2 N–H and O–H groups in total. The van der Waals surface area contributed by atoms with E-state index in [0.29, 0.717) is 12.2 Å². The molecule has 1 aliphatic heterocycles. The minimum Gasteiger partial charge on any atom is -0.399 e. The van der Waals surface area contributed by atoms with Crippen LogP contribution in [-0.2, 0) is 9.53 Å². The van der Waals surface area contributed by atoms with Crippen molar-refractivity contribution >= 4 is 17.7 Å². The first-order valence-electron chi connectivity index (χ1n) is 6.54. The largest absolute Gasteiger partial charge is 0.399 e. The molecule has 1 saturated heterocycles. The number of benzene rings is 1. The quantitative estimate of drug-likeness (QED) is 0.667. The Morgan fingerprint density at radius 3 is 3.11 bits per heavy atom. The average molecular weight is 260 g/mol. The lowest BCUT2D eigenvalue weighted by Crippen LogP contribution is -2.42.